The number of alkyl halides is 2. The summed E-state index contributed by atoms with van der Waals surface area (Å²) < 4.78 is 69.8. The van der Waals surface area contributed by atoms with Crippen molar-refractivity contribution < 1.29 is 45.6 Å². The summed E-state index contributed by atoms with van der Waals surface area (Å²) in [5, 5.41) is -5.09. The first-order valence-corrected chi connectivity index (χ1v) is 6.99. The molecule has 2 bridgehead atoms. The Labute approximate surface area is 110 Å². The van der Waals surface area contributed by atoms with E-state index in [1.807, 2.05) is 0 Å². The molecule has 0 radical (unpaired) electrons. The van der Waals surface area contributed by atoms with Crippen LogP contribution in [-0.4, -0.2) is 54.6 Å². The van der Waals surface area contributed by atoms with Crippen molar-refractivity contribution in [3.63, 3.8) is 0 Å². The van der Waals surface area contributed by atoms with Gasteiger partial charge in [0.2, 0.25) is 0 Å². The average molecular weight is 314 g/mol. The first-order chi connectivity index (χ1) is 9.13. The highest BCUT2D eigenvalue weighted by atomic mass is 32.2. The van der Waals surface area contributed by atoms with Gasteiger partial charge in [0, 0.05) is 0 Å². The van der Waals surface area contributed by atoms with E-state index in [1.165, 1.54) is 0 Å². The van der Waals surface area contributed by atoms with E-state index in [0.29, 0.717) is 0 Å². The van der Waals surface area contributed by atoms with Gasteiger partial charge in [-0.3, -0.25) is 9.35 Å². The van der Waals surface area contributed by atoms with E-state index in [9.17, 15) is 26.8 Å². The predicted octanol–water partition coefficient (Wildman–Crippen LogP) is -0.908. The van der Waals surface area contributed by atoms with Gasteiger partial charge in [-0.25, -0.2) is 4.79 Å². The molecule has 0 saturated carbocycles. The van der Waals surface area contributed by atoms with Crippen LogP contribution in [0.4, 0.5) is 8.78 Å². The van der Waals surface area contributed by atoms with E-state index < -0.39 is 57.6 Å². The zero-order valence-corrected chi connectivity index (χ0v) is 10.4. The molecule has 0 aromatic rings. The molecule has 3 aliphatic rings. The predicted molar refractivity (Wildman–Crippen MR) is 53.0 cm³/mol. The number of rotatable bonds is 3. The lowest BCUT2D eigenvalue weighted by molar-refractivity contribution is -0.175. The topological polar surface area (TPSA) is 116 Å². The van der Waals surface area contributed by atoms with Crippen LogP contribution in [0.1, 0.15) is 6.42 Å². The normalized spacial score (nSPS) is 39.0. The highest BCUT2D eigenvalue weighted by Crippen LogP contribution is 2.47. The molecule has 5 atom stereocenters. The van der Waals surface area contributed by atoms with Crippen LogP contribution in [-0.2, 0) is 33.9 Å². The average Bonchev–Trinajstić information content (AvgIpc) is 2.91. The second-order valence-corrected chi connectivity index (χ2v) is 6.21. The number of hydrogen-bond acceptors (Lipinski definition) is 7. The van der Waals surface area contributed by atoms with E-state index in [1.54, 1.807) is 0 Å². The quantitative estimate of drug-likeness (QED) is 0.526. The maximum atomic E-state index is 13.1. The zero-order chi connectivity index (χ0) is 14.9. The SMILES string of the molecule is O=C1OC2C(OC(=O)C(F)(F)S(=O)(=O)O)C3CC1C2O3. The minimum Gasteiger partial charge on any atom is -0.455 e. The minimum atomic E-state index is -5.94. The number of esters is 2. The number of fused-ring (bicyclic) bond motifs is 1. The van der Waals surface area contributed by atoms with Crippen molar-refractivity contribution in [3.8, 4) is 0 Å². The summed E-state index contributed by atoms with van der Waals surface area (Å²) in [6.45, 7) is 0. The van der Waals surface area contributed by atoms with Gasteiger partial charge in [0.25, 0.3) is 0 Å². The third-order valence-electron chi connectivity index (χ3n) is 3.59. The number of hydrogen-bond donors (Lipinski definition) is 1. The fraction of sp³-hybridized carbons (Fsp3) is 0.778. The fourth-order valence-corrected chi connectivity index (χ4v) is 2.94. The molecule has 0 aliphatic carbocycles. The molecule has 0 aromatic heterocycles. The van der Waals surface area contributed by atoms with Crippen LogP contribution in [0.25, 0.3) is 0 Å². The van der Waals surface area contributed by atoms with Crippen molar-refractivity contribution in [2.24, 2.45) is 5.92 Å². The van der Waals surface area contributed by atoms with Crippen molar-refractivity contribution in [2.75, 3.05) is 0 Å². The van der Waals surface area contributed by atoms with Gasteiger partial charge in [-0.2, -0.15) is 17.2 Å². The van der Waals surface area contributed by atoms with Crippen molar-refractivity contribution in [1.29, 1.82) is 0 Å². The Kier molecular flexibility index (Phi) is 2.63. The molecule has 11 heteroatoms. The van der Waals surface area contributed by atoms with Crippen LogP contribution in [0.5, 0.6) is 0 Å². The molecule has 5 unspecified atom stereocenters. The Morgan fingerprint density at radius 3 is 2.65 bits per heavy atom. The molecule has 1 N–H and O–H groups in total. The van der Waals surface area contributed by atoms with Gasteiger partial charge in [0.15, 0.2) is 12.2 Å². The molecule has 3 saturated heterocycles. The van der Waals surface area contributed by atoms with Gasteiger partial charge in [0.05, 0.1) is 12.0 Å². The summed E-state index contributed by atoms with van der Waals surface area (Å²) in [7, 11) is -5.94. The number of halogens is 2. The smallest absolute Gasteiger partial charge is 0.455 e. The summed E-state index contributed by atoms with van der Waals surface area (Å²) in [4.78, 5) is 22.5. The van der Waals surface area contributed by atoms with Gasteiger partial charge >= 0.3 is 27.3 Å². The largest absolute Gasteiger partial charge is 0.465 e. The minimum absolute atomic E-state index is 0.148. The molecule has 3 rings (SSSR count). The number of carbonyl (C=O) groups excluding carboxylic acids is 2. The standard InChI is InChI=1S/C9H8F2O8S/c10-9(11,20(14,15)16)8(13)19-5-3-1-2-4(17-3)6(5)18-7(2)12/h2-6H,1H2,(H,14,15,16). The van der Waals surface area contributed by atoms with Crippen molar-refractivity contribution >= 4 is 22.1 Å². The van der Waals surface area contributed by atoms with Gasteiger partial charge < -0.3 is 14.2 Å². The lowest BCUT2D eigenvalue weighted by Crippen LogP contribution is -2.46. The molecule has 8 nitrogen and oxygen atoms in total. The monoisotopic (exact) mass is 314 g/mol. The first kappa shape index (κ1) is 13.6. The van der Waals surface area contributed by atoms with Crippen LogP contribution < -0.4 is 0 Å². The first-order valence-electron chi connectivity index (χ1n) is 5.55. The summed E-state index contributed by atoms with van der Waals surface area (Å²) >= 11 is 0. The highest BCUT2D eigenvalue weighted by Gasteiger charge is 2.66. The third-order valence-corrected chi connectivity index (χ3v) is 4.40. The summed E-state index contributed by atoms with van der Waals surface area (Å²) in [6, 6.07) is 0. The molecule has 3 heterocycles. The van der Waals surface area contributed by atoms with Crippen LogP contribution in [0.3, 0.4) is 0 Å². The molecular weight excluding hydrogens is 306 g/mol. The van der Waals surface area contributed by atoms with Crippen LogP contribution in [0.2, 0.25) is 0 Å². The Hall–Kier alpha value is -1.33. The summed E-state index contributed by atoms with van der Waals surface area (Å²) in [5.41, 5.74) is 0. The van der Waals surface area contributed by atoms with Gasteiger partial charge in [-0.1, -0.05) is 0 Å². The molecular formula is C9H8F2O8S. The van der Waals surface area contributed by atoms with E-state index in [2.05, 4.69) is 4.74 Å². The second kappa shape index (κ2) is 3.86. The maximum Gasteiger partial charge on any atom is 0.465 e. The molecule has 3 aliphatic heterocycles. The molecule has 3 fully saturated rings. The van der Waals surface area contributed by atoms with Gasteiger partial charge in [-0.05, 0) is 6.42 Å². The highest BCUT2D eigenvalue weighted by molar-refractivity contribution is 7.87. The van der Waals surface area contributed by atoms with Gasteiger partial charge in [0.1, 0.15) is 6.10 Å². The summed E-state index contributed by atoms with van der Waals surface area (Å²) in [5.74, 6) is -3.51. The Morgan fingerprint density at radius 2 is 2.05 bits per heavy atom. The third kappa shape index (κ3) is 1.66. The lowest BCUT2D eigenvalue weighted by Gasteiger charge is -2.23. The Morgan fingerprint density at radius 1 is 1.40 bits per heavy atom. The number of ether oxygens (including phenoxy) is 3. The fourth-order valence-electron chi connectivity index (χ4n) is 2.68. The molecule has 0 aromatic carbocycles. The van der Waals surface area contributed by atoms with Crippen molar-refractivity contribution in [3.05, 3.63) is 0 Å². The Bertz CT molecular complexity index is 587. The number of carbonyl (C=O) groups is 2. The molecule has 20 heavy (non-hydrogen) atoms. The Balaban J connectivity index is 1.77. The van der Waals surface area contributed by atoms with E-state index in [4.69, 9.17) is 14.0 Å². The van der Waals surface area contributed by atoms with E-state index in [-0.39, 0.29) is 6.42 Å². The molecule has 0 spiro atoms. The van der Waals surface area contributed by atoms with Gasteiger partial charge in [-0.15, -0.1) is 0 Å². The second-order valence-electron chi connectivity index (χ2n) is 4.74. The van der Waals surface area contributed by atoms with E-state index in [0.717, 1.165) is 0 Å². The van der Waals surface area contributed by atoms with Crippen molar-refractivity contribution in [1.82, 2.24) is 0 Å². The van der Waals surface area contributed by atoms with Crippen molar-refractivity contribution in [2.45, 2.75) is 36.1 Å². The lowest BCUT2D eigenvalue weighted by atomic mass is 9.88. The van der Waals surface area contributed by atoms with E-state index >= 15 is 0 Å². The molecule has 0 amide bonds. The summed E-state index contributed by atoms with van der Waals surface area (Å²) in [6.07, 6.45) is -3.66. The van der Waals surface area contributed by atoms with Crippen LogP contribution >= 0.6 is 0 Å². The van der Waals surface area contributed by atoms with Crippen LogP contribution in [0, 0.1) is 5.92 Å². The zero-order valence-electron chi connectivity index (χ0n) is 9.56. The molecule has 112 valence electrons. The van der Waals surface area contributed by atoms with Crippen LogP contribution in [0.15, 0.2) is 0 Å². The maximum absolute atomic E-state index is 13.1.